The molecule has 7 aliphatic rings. The number of esters is 1. The van der Waals surface area contributed by atoms with Crippen molar-refractivity contribution < 1.29 is 64.8 Å². The first-order valence-corrected chi connectivity index (χ1v) is 34.8. The van der Waals surface area contributed by atoms with E-state index >= 15 is 0 Å². The van der Waals surface area contributed by atoms with E-state index in [-0.39, 0.29) is 94.7 Å². The zero-order valence-corrected chi connectivity index (χ0v) is 53.7. The van der Waals surface area contributed by atoms with Gasteiger partial charge in [0.2, 0.25) is 23.4 Å². The Labute approximate surface area is 513 Å². The minimum absolute atomic E-state index is 0.0537. The number of carbonyl (C=O) groups is 4. The molecule has 0 spiro atoms. The second kappa shape index (κ2) is 25.4. The summed E-state index contributed by atoms with van der Waals surface area (Å²) in [5.74, 6) is -0.659. The van der Waals surface area contributed by atoms with Crippen molar-refractivity contribution in [2.45, 2.75) is 176 Å². The number of sulfone groups is 1. The Balaban J connectivity index is 0.700. The molecule has 0 bridgehead atoms. The average Bonchev–Trinajstić information content (AvgIpc) is 1.34. The van der Waals surface area contributed by atoms with Gasteiger partial charge in [-0.2, -0.15) is 25.6 Å². The van der Waals surface area contributed by atoms with Crippen molar-refractivity contribution >= 4 is 73.4 Å². The molecule has 0 saturated heterocycles. The van der Waals surface area contributed by atoms with Gasteiger partial charge < -0.3 is 40.5 Å². The fourth-order valence-corrected chi connectivity index (χ4v) is 17.6. The number of anilines is 1. The van der Waals surface area contributed by atoms with Gasteiger partial charge in [-0.1, -0.05) is 45.9 Å². The minimum Gasteiger partial charge on any atom is -0.458 e. The smallest absolute Gasteiger partial charge is 0.331 e. The molecule has 4 aliphatic carbocycles. The minimum atomic E-state index is -4.38. The second-order valence-corrected chi connectivity index (χ2v) is 30.4. The average molecular weight is 1250 g/mol. The number of nitrogens with one attached hydrogen (secondary N) is 3. The van der Waals surface area contributed by atoms with Crippen LogP contribution < -0.4 is 20.9 Å². The van der Waals surface area contributed by atoms with Crippen LogP contribution in [0.25, 0.3) is 0 Å². The first kappa shape index (κ1) is 65.3. The van der Waals surface area contributed by atoms with Crippen LogP contribution in [0.1, 0.15) is 143 Å². The summed E-state index contributed by atoms with van der Waals surface area (Å²) in [6.45, 7) is 16.6. The highest BCUT2D eigenvalue weighted by atomic mass is 32.2. The Kier molecular flexibility index (Phi) is 19.3. The molecule has 2 aromatic carbocycles. The number of allylic oxidation sites excluding steroid dienone is 6. The summed E-state index contributed by atoms with van der Waals surface area (Å²) in [5.41, 5.74) is 3.33. The number of benzene rings is 2. The van der Waals surface area contributed by atoms with E-state index < -0.39 is 53.9 Å². The molecular weight excluding hydrogens is 1150 g/mol. The lowest BCUT2D eigenvalue weighted by Crippen LogP contribution is -2.67. The van der Waals surface area contributed by atoms with Gasteiger partial charge >= 0.3 is 5.97 Å². The van der Waals surface area contributed by atoms with Crippen molar-refractivity contribution in [2.24, 2.45) is 34.5 Å². The standard InChI is InChI=1S/C65H89N5O13S3/c1-9-69-52-25-22-45(86(79,80)81)36-50(52)61(2,3)54(69)17-12-10-13-18-55-62(4,5)49-35-44(85(8,77)78)21-24-53(49)70(55)32-15-11-14-19-57(72)68-51(40-84)60(75)67-31-16-30-66-58(73)39-82-43-26-28-63(6)42(34-43)20-23-47-48(63)37-56(71)64(7)46(27-29-65(47,64)76)41-33-59(74)83-38-41/h10,12-13,17-18,21-22,24-25,33,35-36,42-43,46-48,51,56,71,76H,9,11,14-16,19-20,23,26-32,34,37-40H2,1-8H3,(H4-,66,67,68,72,73,75,79,80,81,84)/p+1/t42-,43+,46-,47?,48?,51?,56-,63+,64+,65+/m1/s1. The number of cyclic esters (lactones) is 1. The molecule has 3 aliphatic heterocycles. The fourth-order valence-electron chi connectivity index (χ4n) is 16.2. The number of likely N-dealkylation sites (N-methyl/N-ethyl adjacent to an activating group) is 1. The Morgan fingerprint density at radius 2 is 1.59 bits per heavy atom. The molecule has 2 aromatic rings. The maximum Gasteiger partial charge on any atom is 0.331 e. The van der Waals surface area contributed by atoms with Gasteiger partial charge in [-0.25, -0.2) is 13.2 Å². The van der Waals surface area contributed by atoms with Crippen LogP contribution in [0.2, 0.25) is 0 Å². The summed E-state index contributed by atoms with van der Waals surface area (Å²) in [6, 6.07) is 9.09. The number of unbranched alkanes of at least 4 members (excludes halogenated alkanes) is 2. The molecule has 18 nitrogen and oxygen atoms in total. The van der Waals surface area contributed by atoms with Crippen LogP contribution in [0.3, 0.4) is 0 Å². The number of hydrogen-bond acceptors (Lipinski definition) is 14. The van der Waals surface area contributed by atoms with Crippen molar-refractivity contribution in [3.05, 3.63) is 95.3 Å². The number of rotatable bonds is 23. The number of nitrogens with zero attached hydrogens (tertiary/aromatic N) is 2. The van der Waals surface area contributed by atoms with Crippen molar-refractivity contribution in [3.8, 4) is 0 Å². The number of hydrogen-bond donors (Lipinski definition) is 7. The summed E-state index contributed by atoms with van der Waals surface area (Å²) >= 11 is 4.35. The van der Waals surface area contributed by atoms with E-state index in [4.69, 9.17) is 9.47 Å². The number of thiol groups is 1. The number of fused-ring (bicyclic) bond motifs is 7. The zero-order valence-electron chi connectivity index (χ0n) is 51.2. The van der Waals surface area contributed by atoms with E-state index in [0.29, 0.717) is 57.7 Å². The maximum absolute atomic E-state index is 13.1. The topological polar surface area (TPSA) is 258 Å². The predicted molar refractivity (Wildman–Crippen MR) is 333 cm³/mol. The molecule has 3 unspecified atom stereocenters. The maximum atomic E-state index is 13.1. The quantitative estimate of drug-likeness (QED) is 0.0140. The lowest BCUT2D eigenvalue weighted by Gasteiger charge is -2.65. The third-order valence-corrected chi connectivity index (χ3v) is 23.4. The number of amides is 3. The van der Waals surface area contributed by atoms with Crippen LogP contribution in [0.4, 0.5) is 11.4 Å². The number of aliphatic hydroxyl groups is 2. The zero-order chi connectivity index (χ0) is 62.4. The number of carbonyl (C=O) groups excluding carboxylic acids is 4. The molecule has 86 heavy (non-hydrogen) atoms. The van der Waals surface area contributed by atoms with Crippen LogP contribution >= 0.6 is 12.6 Å². The molecule has 21 heteroatoms. The second-order valence-electron chi connectivity index (χ2n) is 26.6. The molecule has 4 saturated carbocycles. The molecule has 4 fully saturated rings. The molecule has 0 radical (unpaired) electrons. The fraction of sp³-hybridized carbons (Fsp3) is 0.615. The van der Waals surface area contributed by atoms with Crippen LogP contribution in [0.15, 0.2) is 93.9 Å². The number of aliphatic hydroxyl groups excluding tert-OH is 1. The Morgan fingerprint density at radius 3 is 2.29 bits per heavy atom. The van der Waals surface area contributed by atoms with Crippen LogP contribution in [-0.4, -0.2) is 141 Å². The molecule has 6 N–H and O–H groups in total. The molecule has 3 heterocycles. The lowest BCUT2D eigenvalue weighted by molar-refractivity contribution is -0.438. The Hall–Kier alpha value is -5.16. The predicted octanol–water partition coefficient (Wildman–Crippen LogP) is 7.74. The molecular formula is C65H90N5O13S3+. The van der Waals surface area contributed by atoms with Gasteiger partial charge in [-0.15, -0.1) is 0 Å². The molecule has 9 rings (SSSR count). The summed E-state index contributed by atoms with van der Waals surface area (Å²) in [7, 11) is -7.85. The SMILES string of the molecule is CCN1C(=CC=CC=CC2=[N+](CCCCCC(=O)NC(CS)C(=O)NCCCNC(=O)CO[C@H]3CC[C@]4(C)C5C[C@@H](O)[C@]6(C)[C@@H](C7=CC(=O)OC7)CC[C@]6(O)C5CC[C@@H]4C3)c3ccc(S(C)(=O)=O)cc3C2(C)C)C(C)(C)c2cc(S(=O)(=O)O)ccc21. The van der Waals surface area contributed by atoms with E-state index in [9.17, 15) is 50.8 Å². The third kappa shape index (κ3) is 12.6. The highest BCUT2D eigenvalue weighted by molar-refractivity contribution is 7.90. The largest absolute Gasteiger partial charge is 0.458 e. The Bertz CT molecular complexity index is 3370. The highest BCUT2D eigenvalue weighted by Crippen LogP contribution is 2.70. The van der Waals surface area contributed by atoms with E-state index in [0.717, 1.165) is 84.4 Å². The van der Waals surface area contributed by atoms with Gasteiger partial charge in [0.05, 0.1) is 33.0 Å². The molecule has 470 valence electrons. The normalized spacial score (nSPS) is 30.0. The van der Waals surface area contributed by atoms with E-state index in [1.165, 1.54) is 18.4 Å². The first-order chi connectivity index (χ1) is 40.5. The summed E-state index contributed by atoms with van der Waals surface area (Å²) in [5, 5.41) is 33.0. The summed E-state index contributed by atoms with van der Waals surface area (Å²) in [4.78, 5) is 53.4. The van der Waals surface area contributed by atoms with Gasteiger partial charge in [0.15, 0.2) is 15.5 Å². The molecule has 3 amide bonds. The number of ether oxygens (including phenoxy) is 2. The monoisotopic (exact) mass is 1240 g/mol. The van der Waals surface area contributed by atoms with Gasteiger partial charge in [0.25, 0.3) is 10.1 Å². The van der Waals surface area contributed by atoms with Crippen LogP contribution in [0.5, 0.6) is 0 Å². The van der Waals surface area contributed by atoms with Crippen molar-refractivity contribution in [2.75, 3.05) is 56.3 Å². The Morgan fingerprint density at radius 1 is 0.860 bits per heavy atom. The van der Waals surface area contributed by atoms with Crippen LogP contribution in [-0.2, 0) is 59.4 Å². The van der Waals surface area contributed by atoms with Crippen molar-refractivity contribution in [3.63, 3.8) is 0 Å². The van der Waals surface area contributed by atoms with Gasteiger partial charge in [-0.3, -0.25) is 18.9 Å². The third-order valence-electron chi connectivity index (χ3n) is 21.1. The van der Waals surface area contributed by atoms with Gasteiger partial charge in [0.1, 0.15) is 25.8 Å². The molecule has 10 atom stereocenters. The first-order valence-electron chi connectivity index (χ1n) is 30.8. The van der Waals surface area contributed by atoms with E-state index in [2.05, 4.69) is 58.8 Å². The van der Waals surface area contributed by atoms with Gasteiger partial charge in [-0.05, 0) is 168 Å². The van der Waals surface area contributed by atoms with Crippen LogP contribution in [0, 0.1) is 34.5 Å². The van der Waals surface area contributed by atoms with Gasteiger partial charge in [0, 0.05) is 90.5 Å². The highest BCUT2D eigenvalue weighted by Gasteiger charge is 2.71. The van der Waals surface area contributed by atoms with Crippen molar-refractivity contribution in [1.29, 1.82) is 0 Å². The lowest BCUT2D eigenvalue weighted by atomic mass is 9.42. The summed E-state index contributed by atoms with van der Waals surface area (Å²) < 4.78 is 72.8. The van der Waals surface area contributed by atoms with E-state index in [1.807, 2.05) is 64.1 Å². The van der Waals surface area contributed by atoms with Crippen molar-refractivity contribution in [1.82, 2.24) is 16.0 Å². The summed E-state index contributed by atoms with van der Waals surface area (Å²) in [6.07, 6.45) is 20.7. The van der Waals surface area contributed by atoms with E-state index in [1.54, 1.807) is 24.3 Å². The molecule has 0 aromatic heterocycles.